The highest BCUT2D eigenvalue weighted by atomic mass is 16.3. The van der Waals surface area contributed by atoms with E-state index in [2.05, 4.69) is 11.0 Å². The van der Waals surface area contributed by atoms with Crippen molar-refractivity contribution in [3.05, 3.63) is 64.1 Å². The third-order valence-corrected chi connectivity index (χ3v) is 4.90. The fraction of sp³-hybridized carbons (Fsp3) is 0.389. The van der Waals surface area contributed by atoms with E-state index in [0.717, 1.165) is 26.2 Å². The van der Waals surface area contributed by atoms with E-state index >= 15 is 0 Å². The number of aromatic hydroxyl groups is 1. The smallest absolute Gasteiger partial charge is 0.250 e. The number of nitrogens with zero attached hydrogens (tertiary/aromatic N) is 2. The summed E-state index contributed by atoms with van der Waals surface area (Å²) in [5.41, 5.74) is 2.56. The molecule has 2 aromatic rings. The number of benzene rings is 1. The van der Waals surface area contributed by atoms with Crippen molar-refractivity contribution >= 4 is 0 Å². The second-order valence-electron chi connectivity index (χ2n) is 6.56. The Morgan fingerprint density at radius 2 is 1.86 bits per heavy atom. The molecule has 0 amide bonds. The van der Waals surface area contributed by atoms with Crippen molar-refractivity contribution in [1.29, 1.82) is 0 Å². The highest BCUT2D eigenvalue weighted by molar-refractivity contribution is 5.26. The average molecular weight is 296 g/mol. The number of rotatable bonds is 2. The Balaban J connectivity index is 1.56. The van der Waals surface area contributed by atoms with Gasteiger partial charge in [-0.3, -0.25) is 9.69 Å². The van der Waals surface area contributed by atoms with Gasteiger partial charge in [-0.05, 0) is 36.1 Å². The number of likely N-dealkylation sites (tertiary alicyclic amines) is 1. The van der Waals surface area contributed by atoms with Gasteiger partial charge in [-0.1, -0.05) is 18.2 Å². The Bertz CT molecular complexity index is 735. The topological polar surface area (TPSA) is 45.5 Å². The molecule has 1 aromatic heterocycles. The highest BCUT2D eigenvalue weighted by Crippen LogP contribution is 2.35. The summed E-state index contributed by atoms with van der Waals surface area (Å²) >= 11 is 0. The lowest BCUT2D eigenvalue weighted by Crippen LogP contribution is -2.46. The minimum atomic E-state index is 0.138. The molecule has 114 valence electrons. The molecule has 0 aliphatic carbocycles. The summed E-state index contributed by atoms with van der Waals surface area (Å²) in [4.78, 5) is 14.5. The maximum absolute atomic E-state index is 12.0. The fourth-order valence-corrected chi connectivity index (χ4v) is 3.98. The summed E-state index contributed by atoms with van der Waals surface area (Å²) in [7, 11) is 0. The van der Waals surface area contributed by atoms with Crippen LogP contribution < -0.4 is 5.56 Å². The van der Waals surface area contributed by atoms with E-state index in [4.69, 9.17) is 0 Å². The monoisotopic (exact) mass is 296 g/mol. The quantitative estimate of drug-likeness (QED) is 0.924. The summed E-state index contributed by atoms with van der Waals surface area (Å²) in [5.74, 6) is 1.33. The predicted octanol–water partition coefficient (Wildman–Crippen LogP) is 2.17. The largest absolute Gasteiger partial charge is 0.508 e. The second kappa shape index (κ2) is 5.29. The molecule has 4 heteroatoms. The Labute approximate surface area is 129 Å². The van der Waals surface area contributed by atoms with E-state index in [1.807, 2.05) is 22.8 Å². The van der Waals surface area contributed by atoms with Gasteiger partial charge in [-0.25, -0.2) is 0 Å². The number of pyridine rings is 1. The van der Waals surface area contributed by atoms with Crippen molar-refractivity contribution in [2.45, 2.75) is 25.4 Å². The molecule has 1 saturated heterocycles. The van der Waals surface area contributed by atoms with Gasteiger partial charge >= 0.3 is 0 Å². The van der Waals surface area contributed by atoms with Crippen LogP contribution in [0.2, 0.25) is 0 Å². The van der Waals surface area contributed by atoms with Gasteiger partial charge in [0.05, 0.1) is 0 Å². The summed E-state index contributed by atoms with van der Waals surface area (Å²) in [5, 5.41) is 9.38. The minimum Gasteiger partial charge on any atom is -0.508 e. The van der Waals surface area contributed by atoms with Crippen LogP contribution in [0, 0.1) is 5.92 Å². The van der Waals surface area contributed by atoms with Crippen LogP contribution in [0.15, 0.2) is 47.3 Å². The van der Waals surface area contributed by atoms with E-state index < -0.39 is 0 Å². The van der Waals surface area contributed by atoms with Crippen molar-refractivity contribution < 1.29 is 5.11 Å². The van der Waals surface area contributed by atoms with Gasteiger partial charge in [0.1, 0.15) is 5.75 Å². The SMILES string of the molecule is O=c1cccc2n1C[C@@H]1C[C@@H]2CN(Cc2ccc(O)cc2)C1. The van der Waals surface area contributed by atoms with Crippen molar-refractivity contribution in [1.82, 2.24) is 9.47 Å². The molecule has 1 aromatic carbocycles. The van der Waals surface area contributed by atoms with Gasteiger partial charge in [0.2, 0.25) is 0 Å². The lowest BCUT2D eigenvalue weighted by atomic mass is 9.83. The van der Waals surface area contributed by atoms with Gasteiger partial charge in [-0.2, -0.15) is 0 Å². The maximum atomic E-state index is 12.0. The number of hydrogen-bond donors (Lipinski definition) is 1. The third kappa shape index (κ3) is 2.44. The zero-order valence-electron chi connectivity index (χ0n) is 12.5. The predicted molar refractivity (Wildman–Crippen MR) is 84.9 cm³/mol. The van der Waals surface area contributed by atoms with Crippen LogP contribution in [-0.2, 0) is 13.1 Å². The molecule has 2 aliphatic rings. The minimum absolute atomic E-state index is 0.138. The van der Waals surface area contributed by atoms with E-state index in [-0.39, 0.29) is 5.56 Å². The van der Waals surface area contributed by atoms with E-state index in [0.29, 0.717) is 17.6 Å². The van der Waals surface area contributed by atoms with Gasteiger partial charge < -0.3 is 9.67 Å². The first kappa shape index (κ1) is 13.6. The number of piperidine rings is 1. The van der Waals surface area contributed by atoms with E-state index in [1.54, 1.807) is 18.2 Å². The molecular weight excluding hydrogens is 276 g/mol. The van der Waals surface area contributed by atoms with E-state index in [9.17, 15) is 9.90 Å². The first-order valence-corrected chi connectivity index (χ1v) is 7.89. The molecule has 0 unspecified atom stereocenters. The summed E-state index contributed by atoms with van der Waals surface area (Å²) in [6.07, 6.45) is 1.19. The van der Waals surface area contributed by atoms with Crippen molar-refractivity contribution in [3.8, 4) is 5.75 Å². The molecule has 0 radical (unpaired) electrons. The maximum Gasteiger partial charge on any atom is 0.250 e. The molecule has 2 bridgehead atoms. The summed E-state index contributed by atoms with van der Waals surface area (Å²) in [6.45, 7) is 3.79. The van der Waals surface area contributed by atoms with Crippen molar-refractivity contribution in [3.63, 3.8) is 0 Å². The first-order valence-electron chi connectivity index (χ1n) is 7.89. The molecule has 4 nitrogen and oxygen atoms in total. The third-order valence-electron chi connectivity index (χ3n) is 4.90. The Kier molecular flexibility index (Phi) is 3.26. The molecule has 2 atom stereocenters. The average Bonchev–Trinajstić information content (AvgIpc) is 2.51. The van der Waals surface area contributed by atoms with Gasteiger partial charge in [0, 0.05) is 43.9 Å². The van der Waals surface area contributed by atoms with Crippen LogP contribution in [0.25, 0.3) is 0 Å². The molecule has 1 fully saturated rings. The number of hydrogen-bond acceptors (Lipinski definition) is 3. The molecule has 0 saturated carbocycles. The number of phenolic OH excluding ortho intramolecular Hbond substituents is 1. The number of fused-ring (bicyclic) bond motifs is 4. The Morgan fingerprint density at radius 3 is 2.68 bits per heavy atom. The van der Waals surface area contributed by atoms with Gasteiger partial charge in [0.15, 0.2) is 0 Å². The zero-order valence-corrected chi connectivity index (χ0v) is 12.5. The molecule has 2 aliphatic heterocycles. The second-order valence-corrected chi connectivity index (χ2v) is 6.56. The molecule has 4 rings (SSSR count). The van der Waals surface area contributed by atoms with Gasteiger partial charge in [-0.15, -0.1) is 0 Å². The molecule has 22 heavy (non-hydrogen) atoms. The van der Waals surface area contributed by atoms with Crippen molar-refractivity contribution in [2.75, 3.05) is 13.1 Å². The molecule has 0 spiro atoms. The fourth-order valence-electron chi connectivity index (χ4n) is 3.98. The van der Waals surface area contributed by atoms with Crippen molar-refractivity contribution in [2.24, 2.45) is 5.92 Å². The Morgan fingerprint density at radius 1 is 1.05 bits per heavy atom. The van der Waals surface area contributed by atoms with Crippen LogP contribution >= 0.6 is 0 Å². The van der Waals surface area contributed by atoms with Gasteiger partial charge in [0.25, 0.3) is 5.56 Å². The number of aromatic nitrogens is 1. The van der Waals surface area contributed by atoms with Crippen LogP contribution in [0.4, 0.5) is 0 Å². The van der Waals surface area contributed by atoms with Crippen LogP contribution in [0.3, 0.4) is 0 Å². The standard InChI is InChI=1S/C18H20N2O2/c21-16-6-4-13(5-7-16)9-19-10-14-8-15(12-19)17-2-1-3-18(22)20(17)11-14/h1-7,14-15,21H,8-12H2/t14-,15-/m1/s1. The molecular formula is C18H20N2O2. The highest BCUT2D eigenvalue weighted by Gasteiger charge is 2.34. The summed E-state index contributed by atoms with van der Waals surface area (Å²) in [6, 6.07) is 13.1. The molecule has 3 heterocycles. The zero-order chi connectivity index (χ0) is 15.1. The van der Waals surface area contributed by atoms with E-state index in [1.165, 1.54) is 17.7 Å². The normalized spacial score (nSPS) is 24.0. The lowest BCUT2D eigenvalue weighted by Gasteiger charge is -2.42. The van der Waals surface area contributed by atoms with Crippen LogP contribution in [-0.4, -0.2) is 27.7 Å². The van der Waals surface area contributed by atoms with Crippen LogP contribution in [0.1, 0.15) is 23.6 Å². The number of phenols is 1. The Hall–Kier alpha value is -2.07. The van der Waals surface area contributed by atoms with Crippen LogP contribution in [0.5, 0.6) is 5.75 Å². The first-order chi connectivity index (χ1) is 10.7. The molecule has 1 N–H and O–H groups in total. The summed E-state index contributed by atoms with van der Waals surface area (Å²) < 4.78 is 1.97. The lowest BCUT2D eigenvalue weighted by molar-refractivity contribution is 0.114.